The summed E-state index contributed by atoms with van der Waals surface area (Å²) in [4.78, 5) is 4.21. The minimum absolute atomic E-state index is 0.524. The van der Waals surface area contributed by atoms with Crippen molar-refractivity contribution in [1.29, 1.82) is 0 Å². The fraction of sp³-hybridized carbons (Fsp3) is 0.625. The highest BCUT2D eigenvalue weighted by Crippen LogP contribution is 2.03. The van der Waals surface area contributed by atoms with Crippen LogP contribution in [0.15, 0.2) is 12.4 Å². The average molecular weight is 153 g/mol. The van der Waals surface area contributed by atoms with E-state index < -0.39 is 0 Å². The molecule has 1 heterocycles. The molecule has 3 nitrogen and oxygen atoms in total. The Kier molecular flexibility index (Phi) is 2.65. The van der Waals surface area contributed by atoms with Crippen LogP contribution in [0, 0.1) is 5.92 Å². The van der Waals surface area contributed by atoms with E-state index in [1.54, 1.807) is 0 Å². The highest BCUT2D eigenvalue weighted by atomic mass is 15.0. The number of imidazole rings is 1. The molecule has 0 fully saturated rings. The zero-order chi connectivity index (χ0) is 8.27. The van der Waals surface area contributed by atoms with Gasteiger partial charge in [0.05, 0.1) is 0 Å². The predicted molar refractivity (Wildman–Crippen MR) is 45.1 cm³/mol. The third-order valence-corrected chi connectivity index (χ3v) is 1.85. The van der Waals surface area contributed by atoms with E-state index in [1.807, 2.05) is 24.0 Å². The van der Waals surface area contributed by atoms with Gasteiger partial charge in [-0.3, -0.25) is 0 Å². The van der Waals surface area contributed by atoms with E-state index in [9.17, 15) is 0 Å². The minimum atomic E-state index is 0.524. The molecule has 0 aliphatic rings. The molecular formula is C8H15N3. The summed E-state index contributed by atoms with van der Waals surface area (Å²) in [6, 6.07) is 0. The first-order chi connectivity index (χ1) is 5.24. The van der Waals surface area contributed by atoms with Crippen molar-refractivity contribution in [2.24, 2.45) is 18.7 Å². The van der Waals surface area contributed by atoms with E-state index in [1.165, 1.54) is 0 Å². The standard InChI is InChI=1S/C8H15N3/c1-7(6-9)5-8-10-3-4-11(8)2/h3-4,7H,5-6,9H2,1-2H3. The first-order valence-corrected chi connectivity index (χ1v) is 3.90. The molecule has 0 aromatic carbocycles. The summed E-state index contributed by atoms with van der Waals surface area (Å²) in [5, 5.41) is 0. The van der Waals surface area contributed by atoms with Crippen molar-refractivity contribution in [2.75, 3.05) is 6.54 Å². The maximum atomic E-state index is 5.50. The maximum absolute atomic E-state index is 5.50. The lowest BCUT2D eigenvalue weighted by atomic mass is 10.1. The van der Waals surface area contributed by atoms with Crippen LogP contribution >= 0.6 is 0 Å². The summed E-state index contributed by atoms with van der Waals surface area (Å²) < 4.78 is 2.03. The molecule has 62 valence electrons. The summed E-state index contributed by atoms with van der Waals surface area (Å²) in [5.74, 6) is 1.64. The highest BCUT2D eigenvalue weighted by molar-refractivity contribution is 4.92. The van der Waals surface area contributed by atoms with Crippen LogP contribution in [-0.4, -0.2) is 16.1 Å². The molecule has 1 atom stereocenters. The number of aromatic nitrogens is 2. The molecule has 1 unspecified atom stereocenters. The molecular weight excluding hydrogens is 138 g/mol. The fourth-order valence-electron chi connectivity index (χ4n) is 0.988. The lowest BCUT2D eigenvalue weighted by Crippen LogP contribution is -2.15. The van der Waals surface area contributed by atoms with Crippen molar-refractivity contribution >= 4 is 0 Å². The SMILES string of the molecule is CC(CN)Cc1nccn1C. The Morgan fingerprint density at radius 2 is 2.45 bits per heavy atom. The van der Waals surface area contributed by atoms with E-state index in [0.29, 0.717) is 5.92 Å². The van der Waals surface area contributed by atoms with Crippen LogP contribution in [0.4, 0.5) is 0 Å². The Hall–Kier alpha value is -0.830. The monoisotopic (exact) mass is 153 g/mol. The zero-order valence-corrected chi connectivity index (χ0v) is 7.12. The van der Waals surface area contributed by atoms with Gasteiger partial charge >= 0.3 is 0 Å². The van der Waals surface area contributed by atoms with Gasteiger partial charge in [0.15, 0.2) is 0 Å². The Morgan fingerprint density at radius 1 is 1.73 bits per heavy atom. The number of nitrogens with zero attached hydrogens (tertiary/aromatic N) is 2. The van der Waals surface area contributed by atoms with Gasteiger partial charge in [-0.2, -0.15) is 0 Å². The molecule has 1 aromatic rings. The van der Waals surface area contributed by atoms with Crippen LogP contribution < -0.4 is 5.73 Å². The molecule has 11 heavy (non-hydrogen) atoms. The van der Waals surface area contributed by atoms with Crippen LogP contribution in [0.25, 0.3) is 0 Å². The lowest BCUT2D eigenvalue weighted by molar-refractivity contribution is 0.561. The molecule has 1 rings (SSSR count). The number of hydrogen-bond acceptors (Lipinski definition) is 2. The van der Waals surface area contributed by atoms with Crippen LogP contribution in [0.5, 0.6) is 0 Å². The molecule has 2 N–H and O–H groups in total. The number of aryl methyl sites for hydroxylation is 1. The van der Waals surface area contributed by atoms with E-state index in [2.05, 4.69) is 11.9 Å². The second-order valence-corrected chi connectivity index (χ2v) is 3.00. The first kappa shape index (κ1) is 8.27. The van der Waals surface area contributed by atoms with E-state index in [4.69, 9.17) is 5.73 Å². The van der Waals surface area contributed by atoms with E-state index in [0.717, 1.165) is 18.8 Å². The Bertz CT molecular complexity index is 217. The highest BCUT2D eigenvalue weighted by Gasteiger charge is 2.04. The molecule has 0 bridgehead atoms. The second kappa shape index (κ2) is 3.53. The third-order valence-electron chi connectivity index (χ3n) is 1.85. The van der Waals surface area contributed by atoms with Crippen LogP contribution in [-0.2, 0) is 13.5 Å². The van der Waals surface area contributed by atoms with Crippen molar-refractivity contribution in [1.82, 2.24) is 9.55 Å². The van der Waals surface area contributed by atoms with Gasteiger partial charge in [0, 0.05) is 25.9 Å². The summed E-state index contributed by atoms with van der Waals surface area (Å²) >= 11 is 0. The Balaban J connectivity index is 2.56. The van der Waals surface area contributed by atoms with Crippen molar-refractivity contribution in [3.05, 3.63) is 18.2 Å². The largest absolute Gasteiger partial charge is 0.338 e. The fourth-order valence-corrected chi connectivity index (χ4v) is 0.988. The number of hydrogen-bond donors (Lipinski definition) is 1. The van der Waals surface area contributed by atoms with Gasteiger partial charge in [0.25, 0.3) is 0 Å². The average Bonchev–Trinajstić information content (AvgIpc) is 2.37. The molecule has 0 saturated carbocycles. The van der Waals surface area contributed by atoms with Gasteiger partial charge in [-0.1, -0.05) is 6.92 Å². The van der Waals surface area contributed by atoms with Gasteiger partial charge in [0.1, 0.15) is 5.82 Å². The smallest absolute Gasteiger partial charge is 0.108 e. The molecule has 3 heteroatoms. The van der Waals surface area contributed by atoms with Crippen molar-refractivity contribution in [3.8, 4) is 0 Å². The molecule has 0 saturated heterocycles. The van der Waals surface area contributed by atoms with Gasteiger partial charge in [0.2, 0.25) is 0 Å². The van der Waals surface area contributed by atoms with Gasteiger partial charge in [-0.15, -0.1) is 0 Å². The van der Waals surface area contributed by atoms with Gasteiger partial charge < -0.3 is 10.3 Å². The topological polar surface area (TPSA) is 43.8 Å². The molecule has 0 spiro atoms. The molecule has 0 amide bonds. The quantitative estimate of drug-likeness (QED) is 0.689. The van der Waals surface area contributed by atoms with Crippen LogP contribution in [0.3, 0.4) is 0 Å². The first-order valence-electron chi connectivity index (χ1n) is 3.90. The number of nitrogens with two attached hydrogens (primary N) is 1. The normalized spacial score (nSPS) is 13.4. The lowest BCUT2D eigenvalue weighted by Gasteiger charge is -2.06. The van der Waals surface area contributed by atoms with Crippen LogP contribution in [0.2, 0.25) is 0 Å². The third kappa shape index (κ3) is 2.05. The van der Waals surface area contributed by atoms with Crippen LogP contribution in [0.1, 0.15) is 12.7 Å². The summed E-state index contributed by atoms with van der Waals surface area (Å²) in [6.07, 6.45) is 4.75. The van der Waals surface area contributed by atoms with Gasteiger partial charge in [-0.05, 0) is 12.5 Å². The summed E-state index contributed by atoms with van der Waals surface area (Å²) in [6.45, 7) is 2.86. The molecule has 0 aliphatic carbocycles. The summed E-state index contributed by atoms with van der Waals surface area (Å²) in [7, 11) is 2.01. The summed E-state index contributed by atoms with van der Waals surface area (Å²) in [5.41, 5.74) is 5.50. The van der Waals surface area contributed by atoms with E-state index in [-0.39, 0.29) is 0 Å². The number of rotatable bonds is 3. The van der Waals surface area contributed by atoms with Crippen molar-refractivity contribution < 1.29 is 0 Å². The second-order valence-electron chi connectivity index (χ2n) is 3.00. The predicted octanol–water partition coefficient (Wildman–Crippen LogP) is 0.557. The molecule has 0 radical (unpaired) electrons. The zero-order valence-electron chi connectivity index (χ0n) is 7.12. The van der Waals surface area contributed by atoms with E-state index >= 15 is 0 Å². The molecule has 0 aliphatic heterocycles. The Labute approximate surface area is 67.2 Å². The van der Waals surface area contributed by atoms with Crippen molar-refractivity contribution in [2.45, 2.75) is 13.3 Å². The van der Waals surface area contributed by atoms with Crippen molar-refractivity contribution in [3.63, 3.8) is 0 Å². The van der Waals surface area contributed by atoms with Gasteiger partial charge in [-0.25, -0.2) is 4.98 Å². The minimum Gasteiger partial charge on any atom is -0.338 e. The Morgan fingerprint density at radius 3 is 2.91 bits per heavy atom. The molecule has 1 aromatic heterocycles. The maximum Gasteiger partial charge on any atom is 0.108 e.